The van der Waals surface area contributed by atoms with E-state index in [-0.39, 0.29) is 12.2 Å². The second-order valence-electron chi connectivity index (χ2n) is 8.85. The maximum absolute atomic E-state index is 13.8. The zero-order valence-corrected chi connectivity index (χ0v) is 19.3. The van der Waals surface area contributed by atoms with Crippen LogP contribution in [0.2, 0.25) is 0 Å². The number of aromatic nitrogens is 2. The van der Waals surface area contributed by atoms with Gasteiger partial charge in [0, 0.05) is 4.88 Å². The minimum atomic E-state index is -0.722. The van der Waals surface area contributed by atoms with Crippen LogP contribution < -0.4 is 5.56 Å². The molecule has 1 aliphatic heterocycles. The number of nitrogens with zero attached hydrogens (tertiary/aromatic N) is 3. The van der Waals surface area contributed by atoms with Crippen LogP contribution in [0, 0.1) is 0 Å². The predicted octanol–water partition coefficient (Wildman–Crippen LogP) is 4.24. The fourth-order valence-electron chi connectivity index (χ4n) is 4.87. The van der Waals surface area contributed by atoms with Gasteiger partial charge in [-0.15, -0.1) is 11.3 Å². The smallest absolute Gasteiger partial charge is 0.329 e. The number of ether oxygens (including phenoxy) is 1. The summed E-state index contributed by atoms with van der Waals surface area (Å²) < 4.78 is 7.20. The molecule has 6 nitrogen and oxygen atoms in total. The molecule has 5 rings (SSSR count). The maximum Gasteiger partial charge on any atom is 0.329 e. The van der Waals surface area contributed by atoms with Gasteiger partial charge in [0.25, 0.3) is 5.56 Å². The summed E-state index contributed by atoms with van der Waals surface area (Å²) in [5, 5.41) is 0.720. The molecule has 32 heavy (non-hydrogen) atoms. The highest BCUT2D eigenvalue weighted by molar-refractivity contribution is 7.18. The molecule has 0 radical (unpaired) electrons. The second kappa shape index (κ2) is 9.16. The van der Waals surface area contributed by atoms with Crippen molar-refractivity contribution in [2.45, 2.75) is 64.6 Å². The zero-order chi connectivity index (χ0) is 22.1. The molecule has 168 valence electrons. The van der Waals surface area contributed by atoms with Crippen molar-refractivity contribution in [2.24, 2.45) is 0 Å². The summed E-state index contributed by atoms with van der Waals surface area (Å²) >= 11 is 1.66. The molecular formula is C25H29N3O3S. The van der Waals surface area contributed by atoms with Gasteiger partial charge in [0.15, 0.2) is 0 Å². The Morgan fingerprint density at radius 3 is 2.66 bits per heavy atom. The third-order valence-corrected chi connectivity index (χ3v) is 7.80. The molecule has 0 saturated carbocycles. The molecule has 1 atom stereocenters. The normalized spacial score (nSPS) is 17.4. The van der Waals surface area contributed by atoms with Crippen molar-refractivity contribution < 1.29 is 9.53 Å². The predicted molar refractivity (Wildman–Crippen MR) is 126 cm³/mol. The minimum Gasteiger partial charge on any atom is -0.459 e. The molecule has 3 heterocycles. The molecule has 1 aromatic carbocycles. The van der Waals surface area contributed by atoms with Crippen molar-refractivity contribution in [3.8, 4) is 0 Å². The van der Waals surface area contributed by atoms with Crippen molar-refractivity contribution >= 4 is 27.5 Å². The third-order valence-electron chi connectivity index (χ3n) is 6.61. The van der Waals surface area contributed by atoms with E-state index in [2.05, 4.69) is 4.90 Å². The van der Waals surface area contributed by atoms with Crippen LogP contribution in [0.25, 0.3) is 10.2 Å². The first-order chi connectivity index (χ1) is 15.6. The number of likely N-dealkylation sites (tertiary alicyclic amines) is 1. The van der Waals surface area contributed by atoms with E-state index < -0.39 is 12.0 Å². The molecule has 7 heteroatoms. The number of aryl methyl sites for hydroxylation is 2. The van der Waals surface area contributed by atoms with E-state index >= 15 is 0 Å². The van der Waals surface area contributed by atoms with Crippen LogP contribution in [0.1, 0.15) is 60.5 Å². The highest BCUT2D eigenvalue weighted by atomic mass is 32.1. The lowest BCUT2D eigenvalue weighted by Gasteiger charge is -2.22. The van der Waals surface area contributed by atoms with Gasteiger partial charge in [-0.25, -0.2) is 9.78 Å². The van der Waals surface area contributed by atoms with Crippen LogP contribution in [-0.4, -0.2) is 33.5 Å². The van der Waals surface area contributed by atoms with Crippen LogP contribution in [-0.2, 0) is 35.5 Å². The lowest BCUT2D eigenvalue weighted by molar-refractivity contribution is -0.148. The van der Waals surface area contributed by atoms with E-state index in [1.165, 1.54) is 4.88 Å². The molecule has 0 spiro atoms. The van der Waals surface area contributed by atoms with Gasteiger partial charge >= 0.3 is 5.97 Å². The number of carbonyl (C=O) groups excluding carboxylic acids is 1. The number of hydrogen-bond acceptors (Lipinski definition) is 6. The molecule has 1 aliphatic carbocycles. The molecule has 1 fully saturated rings. The SMILES string of the molecule is CC(C(=O)OCc1ccccc1)n1c(CN2CCCC2)nc2sc3c(c2c1=O)CCCC3. The van der Waals surface area contributed by atoms with Crippen LogP contribution in [0.4, 0.5) is 0 Å². The summed E-state index contributed by atoms with van der Waals surface area (Å²) in [6.07, 6.45) is 6.53. The molecule has 0 bridgehead atoms. The van der Waals surface area contributed by atoms with Crippen molar-refractivity contribution in [1.82, 2.24) is 14.5 Å². The first kappa shape index (κ1) is 21.3. The summed E-state index contributed by atoms with van der Waals surface area (Å²) in [4.78, 5) is 36.2. The summed E-state index contributed by atoms with van der Waals surface area (Å²) in [7, 11) is 0. The molecule has 1 unspecified atom stereocenters. The molecule has 3 aromatic rings. The summed E-state index contributed by atoms with van der Waals surface area (Å²) in [5.74, 6) is 0.274. The largest absolute Gasteiger partial charge is 0.459 e. The van der Waals surface area contributed by atoms with Crippen LogP contribution in [0.3, 0.4) is 0 Å². The topological polar surface area (TPSA) is 64.4 Å². The third kappa shape index (κ3) is 4.11. The van der Waals surface area contributed by atoms with E-state index in [0.717, 1.165) is 73.0 Å². The van der Waals surface area contributed by atoms with Crippen LogP contribution in [0.15, 0.2) is 35.1 Å². The molecular weight excluding hydrogens is 422 g/mol. The lowest BCUT2D eigenvalue weighted by Crippen LogP contribution is -2.35. The van der Waals surface area contributed by atoms with Gasteiger partial charge in [0.1, 0.15) is 23.3 Å². The molecule has 1 saturated heterocycles. The van der Waals surface area contributed by atoms with Gasteiger partial charge in [-0.3, -0.25) is 14.3 Å². The Labute approximate surface area is 191 Å². The Kier molecular flexibility index (Phi) is 6.11. The Balaban J connectivity index is 1.51. The molecule has 2 aromatic heterocycles. The number of thiophene rings is 1. The fraction of sp³-hybridized carbons (Fsp3) is 0.480. The molecule has 0 amide bonds. The summed E-state index contributed by atoms with van der Waals surface area (Å²) in [5.41, 5.74) is 1.99. The first-order valence-corrected chi connectivity index (χ1v) is 12.4. The van der Waals surface area contributed by atoms with E-state index in [0.29, 0.717) is 12.4 Å². The van der Waals surface area contributed by atoms with Gasteiger partial charge in [0.05, 0.1) is 11.9 Å². The van der Waals surface area contributed by atoms with Crippen LogP contribution >= 0.6 is 11.3 Å². The number of carbonyl (C=O) groups is 1. The van der Waals surface area contributed by atoms with Gasteiger partial charge in [-0.05, 0) is 69.7 Å². The highest BCUT2D eigenvalue weighted by Crippen LogP contribution is 2.34. The van der Waals surface area contributed by atoms with E-state index in [1.54, 1.807) is 22.8 Å². The average Bonchev–Trinajstić information content (AvgIpc) is 3.45. The van der Waals surface area contributed by atoms with Gasteiger partial charge in [-0.2, -0.15) is 0 Å². The number of rotatable bonds is 6. The standard InChI is InChI=1S/C25H29N3O3S/c1-17(25(30)31-16-18-9-3-2-4-10-18)28-21(15-27-13-7-8-14-27)26-23-22(24(28)29)19-11-5-6-12-20(19)32-23/h2-4,9-10,17H,5-8,11-16H2,1H3. The highest BCUT2D eigenvalue weighted by Gasteiger charge is 2.28. The van der Waals surface area contributed by atoms with Crippen molar-refractivity contribution in [3.05, 3.63) is 62.5 Å². The minimum absolute atomic E-state index is 0.0900. The van der Waals surface area contributed by atoms with Crippen molar-refractivity contribution in [2.75, 3.05) is 13.1 Å². The number of esters is 1. The monoisotopic (exact) mass is 451 g/mol. The number of benzene rings is 1. The molecule has 0 N–H and O–H groups in total. The van der Waals surface area contributed by atoms with E-state index in [1.807, 2.05) is 30.3 Å². The summed E-state index contributed by atoms with van der Waals surface area (Å²) in [6, 6.07) is 8.90. The number of fused-ring (bicyclic) bond motifs is 3. The van der Waals surface area contributed by atoms with E-state index in [9.17, 15) is 9.59 Å². The van der Waals surface area contributed by atoms with Crippen molar-refractivity contribution in [1.29, 1.82) is 0 Å². The fourth-order valence-corrected chi connectivity index (χ4v) is 6.14. The average molecular weight is 452 g/mol. The first-order valence-electron chi connectivity index (χ1n) is 11.6. The van der Waals surface area contributed by atoms with E-state index in [4.69, 9.17) is 9.72 Å². The maximum atomic E-state index is 13.8. The molecule has 2 aliphatic rings. The van der Waals surface area contributed by atoms with Gasteiger partial charge in [-0.1, -0.05) is 30.3 Å². The Bertz CT molecular complexity index is 1180. The zero-order valence-electron chi connectivity index (χ0n) is 18.5. The Hall–Kier alpha value is -2.51. The van der Waals surface area contributed by atoms with Gasteiger partial charge < -0.3 is 4.74 Å². The number of hydrogen-bond donors (Lipinski definition) is 0. The Morgan fingerprint density at radius 1 is 1.12 bits per heavy atom. The lowest BCUT2D eigenvalue weighted by atomic mass is 9.97. The Morgan fingerprint density at radius 2 is 1.88 bits per heavy atom. The quantitative estimate of drug-likeness (QED) is 0.525. The summed E-state index contributed by atoms with van der Waals surface area (Å²) in [6.45, 7) is 4.55. The van der Waals surface area contributed by atoms with Crippen molar-refractivity contribution in [3.63, 3.8) is 0 Å². The van der Waals surface area contributed by atoms with Gasteiger partial charge in [0.2, 0.25) is 0 Å². The second-order valence-corrected chi connectivity index (χ2v) is 9.93. The van der Waals surface area contributed by atoms with Crippen LogP contribution in [0.5, 0.6) is 0 Å².